The first-order valence-corrected chi connectivity index (χ1v) is 7.57. The molecule has 0 rings (SSSR count). The summed E-state index contributed by atoms with van der Waals surface area (Å²) in [5.41, 5.74) is 0. The molecule has 0 aromatic heterocycles. The van der Waals surface area contributed by atoms with Gasteiger partial charge in [-0.25, -0.2) is 0 Å². The molecule has 4 heteroatoms. The van der Waals surface area contributed by atoms with Crippen molar-refractivity contribution in [3.63, 3.8) is 0 Å². The normalized spacial score (nSPS) is 10.4. The van der Waals surface area contributed by atoms with Crippen LogP contribution in [0.25, 0.3) is 0 Å². The van der Waals surface area contributed by atoms with Gasteiger partial charge in [0.05, 0.1) is 0 Å². The maximum absolute atomic E-state index is 11.3. The van der Waals surface area contributed by atoms with Crippen molar-refractivity contribution in [3.8, 4) is 0 Å². The van der Waals surface area contributed by atoms with Crippen LogP contribution in [0, 0.1) is 0 Å². The van der Waals surface area contributed by atoms with Crippen LogP contribution in [-0.2, 0) is 4.79 Å². The van der Waals surface area contributed by atoms with Crippen LogP contribution in [0.4, 0.5) is 0 Å². The molecule has 0 radical (unpaired) electrons. The summed E-state index contributed by atoms with van der Waals surface area (Å²) in [6, 6.07) is 0. The quantitative estimate of drug-likeness (QED) is 0.550. The van der Waals surface area contributed by atoms with Crippen LogP contribution in [0.3, 0.4) is 0 Å². The fourth-order valence-electron chi connectivity index (χ4n) is 1.44. The Kier molecular flexibility index (Phi) is 12.7. The molecule has 0 aliphatic carbocycles. The number of thioether (sulfide) groups is 1. The van der Waals surface area contributed by atoms with Crippen molar-refractivity contribution in [2.45, 2.75) is 44.9 Å². The molecule has 0 heterocycles. The molecule has 16 heavy (non-hydrogen) atoms. The van der Waals surface area contributed by atoms with Gasteiger partial charge in [0, 0.05) is 19.6 Å². The summed E-state index contributed by atoms with van der Waals surface area (Å²) >= 11 is 1.89. The second kappa shape index (κ2) is 12.8. The standard InChI is InChI=1S/C12H25NO2S/c1-16-11-7-3-2-5-9-13-12(15)8-4-6-10-14/h14H,2-11H2,1H3,(H,13,15). The molecule has 0 aromatic rings. The van der Waals surface area contributed by atoms with Crippen molar-refractivity contribution in [2.24, 2.45) is 0 Å². The zero-order chi connectivity index (χ0) is 12.1. The van der Waals surface area contributed by atoms with Gasteiger partial charge in [-0.1, -0.05) is 12.8 Å². The first-order chi connectivity index (χ1) is 7.81. The maximum Gasteiger partial charge on any atom is 0.219 e. The zero-order valence-electron chi connectivity index (χ0n) is 10.3. The van der Waals surface area contributed by atoms with Gasteiger partial charge in [-0.2, -0.15) is 11.8 Å². The van der Waals surface area contributed by atoms with Crippen molar-refractivity contribution < 1.29 is 9.90 Å². The number of carbonyl (C=O) groups excluding carboxylic acids is 1. The van der Waals surface area contributed by atoms with Crippen LogP contribution in [-0.4, -0.2) is 36.2 Å². The van der Waals surface area contributed by atoms with Crippen molar-refractivity contribution in [3.05, 3.63) is 0 Å². The van der Waals surface area contributed by atoms with Crippen molar-refractivity contribution >= 4 is 17.7 Å². The predicted molar refractivity (Wildman–Crippen MR) is 70.8 cm³/mol. The highest BCUT2D eigenvalue weighted by molar-refractivity contribution is 7.98. The van der Waals surface area contributed by atoms with E-state index in [0.29, 0.717) is 6.42 Å². The molecule has 0 spiro atoms. The third-order valence-corrected chi connectivity index (χ3v) is 3.11. The van der Waals surface area contributed by atoms with E-state index in [1.165, 1.54) is 25.0 Å². The highest BCUT2D eigenvalue weighted by atomic mass is 32.2. The molecular formula is C12H25NO2S. The SMILES string of the molecule is CSCCCCCCNC(=O)CCCCO. The Morgan fingerprint density at radius 3 is 2.56 bits per heavy atom. The summed E-state index contributed by atoms with van der Waals surface area (Å²) in [6.45, 7) is 0.986. The van der Waals surface area contributed by atoms with Crippen LogP contribution >= 0.6 is 11.8 Å². The Balaban J connectivity index is 3.09. The average Bonchev–Trinajstić information content (AvgIpc) is 2.28. The van der Waals surface area contributed by atoms with Gasteiger partial charge in [-0.15, -0.1) is 0 Å². The first-order valence-electron chi connectivity index (χ1n) is 6.17. The average molecular weight is 247 g/mol. The van der Waals surface area contributed by atoms with E-state index in [-0.39, 0.29) is 12.5 Å². The van der Waals surface area contributed by atoms with E-state index >= 15 is 0 Å². The highest BCUT2D eigenvalue weighted by Gasteiger charge is 1.99. The molecule has 0 aromatic carbocycles. The molecule has 0 bridgehead atoms. The Labute approximate surface area is 103 Å². The van der Waals surface area contributed by atoms with Crippen LogP contribution < -0.4 is 5.32 Å². The number of amides is 1. The van der Waals surface area contributed by atoms with Crippen molar-refractivity contribution in [1.29, 1.82) is 0 Å². The monoisotopic (exact) mass is 247 g/mol. The van der Waals surface area contributed by atoms with Gasteiger partial charge < -0.3 is 10.4 Å². The minimum absolute atomic E-state index is 0.123. The number of aliphatic hydroxyl groups is 1. The van der Waals surface area contributed by atoms with E-state index in [1.807, 2.05) is 11.8 Å². The lowest BCUT2D eigenvalue weighted by molar-refractivity contribution is -0.121. The highest BCUT2D eigenvalue weighted by Crippen LogP contribution is 2.04. The van der Waals surface area contributed by atoms with Gasteiger partial charge in [0.25, 0.3) is 0 Å². The molecular weight excluding hydrogens is 222 g/mol. The Morgan fingerprint density at radius 2 is 1.88 bits per heavy atom. The van der Waals surface area contributed by atoms with Crippen molar-refractivity contribution in [2.75, 3.05) is 25.2 Å². The molecule has 0 unspecified atom stereocenters. The molecule has 96 valence electrons. The maximum atomic E-state index is 11.3. The molecule has 1 amide bonds. The number of carbonyl (C=O) groups is 1. The number of rotatable bonds is 11. The smallest absolute Gasteiger partial charge is 0.219 e. The molecule has 0 aliphatic rings. The lowest BCUT2D eigenvalue weighted by atomic mass is 10.2. The third kappa shape index (κ3) is 11.9. The Morgan fingerprint density at radius 1 is 1.12 bits per heavy atom. The lowest BCUT2D eigenvalue weighted by Gasteiger charge is -2.04. The van der Waals surface area contributed by atoms with Gasteiger partial charge in [0.2, 0.25) is 5.91 Å². The van der Waals surface area contributed by atoms with Crippen LogP contribution in [0.15, 0.2) is 0 Å². The van der Waals surface area contributed by atoms with Gasteiger partial charge in [0.1, 0.15) is 0 Å². The fraction of sp³-hybridized carbons (Fsp3) is 0.917. The number of hydrogen-bond donors (Lipinski definition) is 2. The topological polar surface area (TPSA) is 49.3 Å². The Bertz CT molecular complexity index is 165. The predicted octanol–water partition coefficient (Wildman–Crippen LogP) is 2.19. The first kappa shape index (κ1) is 15.8. The number of nitrogens with one attached hydrogen (secondary N) is 1. The van der Waals surface area contributed by atoms with Gasteiger partial charge in [-0.05, 0) is 37.7 Å². The number of unbranched alkanes of at least 4 members (excludes halogenated alkanes) is 4. The lowest BCUT2D eigenvalue weighted by Crippen LogP contribution is -2.24. The molecule has 0 fully saturated rings. The largest absolute Gasteiger partial charge is 0.396 e. The summed E-state index contributed by atoms with van der Waals surface area (Å²) < 4.78 is 0. The molecule has 0 atom stereocenters. The van der Waals surface area contributed by atoms with Gasteiger partial charge >= 0.3 is 0 Å². The van der Waals surface area contributed by atoms with E-state index in [9.17, 15) is 4.79 Å². The summed E-state index contributed by atoms with van der Waals surface area (Å²) in [6.07, 6.45) is 9.03. The summed E-state index contributed by atoms with van der Waals surface area (Å²) in [7, 11) is 0. The minimum atomic E-state index is 0.123. The second-order valence-electron chi connectivity index (χ2n) is 3.94. The Hall–Kier alpha value is -0.220. The second-order valence-corrected chi connectivity index (χ2v) is 4.92. The van der Waals surface area contributed by atoms with E-state index in [4.69, 9.17) is 5.11 Å². The molecule has 0 aliphatic heterocycles. The minimum Gasteiger partial charge on any atom is -0.396 e. The summed E-state index contributed by atoms with van der Waals surface area (Å²) in [5.74, 6) is 1.37. The van der Waals surface area contributed by atoms with Crippen LogP contribution in [0.2, 0.25) is 0 Å². The van der Waals surface area contributed by atoms with Crippen molar-refractivity contribution in [1.82, 2.24) is 5.32 Å². The number of aliphatic hydroxyl groups excluding tert-OH is 1. The fourth-order valence-corrected chi connectivity index (χ4v) is 1.93. The van der Waals surface area contributed by atoms with E-state index in [0.717, 1.165) is 25.8 Å². The number of hydrogen-bond acceptors (Lipinski definition) is 3. The summed E-state index contributed by atoms with van der Waals surface area (Å²) in [4.78, 5) is 11.3. The molecule has 0 saturated carbocycles. The van der Waals surface area contributed by atoms with Crippen LogP contribution in [0.1, 0.15) is 44.9 Å². The molecule has 0 saturated heterocycles. The van der Waals surface area contributed by atoms with Gasteiger partial charge in [-0.3, -0.25) is 4.79 Å². The summed E-state index contributed by atoms with van der Waals surface area (Å²) in [5, 5.41) is 11.5. The van der Waals surface area contributed by atoms with Crippen LogP contribution in [0.5, 0.6) is 0 Å². The van der Waals surface area contributed by atoms with Gasteiger partial charge in [0.15, 0.2) is 0 Å². The molecule has 2 N–H and O–H groups in total. The zero-order valence-corrected chi connectivity index (χ0v) is 11.2. The molecule has 3 nitrogen and oxygen atoms in total. The van der Waals surface area contributed by atoms with E-state index < -0.39 is 0 Å². The third-order valence-electron chi connectivity index (χ3n) is 2.41. The van der Waals surface area contributed by atoms with E-state index in [2.05, 4.69) is 11.6 Å². The van der Waals surface area contributed by atoms with E-state index in [1.54, 1.807) is 0 Å².